The minimum absolute atomic E-state index is 0. The Hall–Kier alpha value is -1.59. The lowest BCUT2D eigenvalue weighted by atomic mass is 10.0. The summed E-state index contributed by atoms with van der Waals surface area (Å²) in [5.41, 5.74) is 6.00. The number of rotatable bonds is 2. The van der Waals surface area contributed by atoms with E-state index in [0.717, 1.165) is 17.7 Å². The molecule has 0 atom stereocenters. The Labute approximate surface area is 119 Å². The molecule has 0 unspecified atom stereocenters. The standard InChI is InChI=1S/C14H11F4N.ClH/c15-13-6-11(5-12(7-13)14(16,17)18)10-3-1-9(8-19)2-4-10;/h1-7H,8,19H2;1H. The molecule has 0 radical (unpaired) electrons. The van der Waals surface area contributed by atoms with Gasteiger partial charge in [-0.3, -0.25) is 0 Å². The highest BCUT2D eigenvalue weighted by Crippen LogP contribution is 2.33. The van der Waals surface area contributed by atoms with Gasteiger partial charge in [-0.15, -0.1) is 12.4 Å². The zero-order valence-electron chi connectivity index (χ0n) is 10.2. The molecule has 108 valence electrons. The normalized spacial score (nSPS) is 11.1. The van der Waals surface area contributed by atoms with Gasteiger partial charge in [0.2, 0.25) is 0 Å². The molecule has 2 aromatic carbocycles. The predicted octanol–water partition coefficient (Wildman–Crippen LogP) is 4.39. The van der Waals surface area contributed by atoms with Gasteiger partial charge in [0.15, 0.2) is 0 Å². The van der Waals surface area contributed by atoms with Crippen LogP contribution >= 0.6 is 12.4 Å². The van der Waals surface area contributed by atoms with Crippen molar-refractivity contribution >= 4 is 12.4 Å². The zero-order valence-corrected chi connectivity index (χ0v) is 11.1. The highest BCUT2D eigenvalue weighted by molar-refractivity contribution is 5.85. The maximum absolute atomic E-state index is 13.3. The van der Waals surface area contributed by atoms with Gasteiger partial charge < -0.3 is 5.73 Å². The average Bonchev–Trinajstić information content (AvgIpc) is 2.37. The summed E-state index contributed by atoms with van der Waals surface area (Å²) in [4.78, 5) is 0. The fourth-order valence-electron chi connectivity index (χ4n) is 1.75. The van der Waals surface area contributed by atoms with Crippen LogP contribution in [0, 0.1) is 5.82 Å². The van der Waals surface area contributed by atoms with Gasteiger partial charge in [0.05, 0.1) is 5.56 Å². The van der Waals surface area contributed by atoms with Crippen LogP contribution in [0.4, 0.5) is 17.6 Å². The largest absolute Gasteiger partial charge is 0.416 e. The van der Waals surface area contributed by atoms with Crippen molar-refractivity contribution in [3.63, 3.8) is 0 Å². The van der Waals surface area contributed by atoms with Crippen molar-refractivity contribution in [1.82, 2.24) is 0 Å². The van der Waals surface area contributed by atoms with E-state index >= 15 is 0 Å². The summed E-state index contributed by atoms with van der Waals surface area (Å²) in [6.07, 6.45) is -4.56. The van der Waals surface area contributed by atoms with Crippen LogP contribution in [0.5, 0.6) is 0 Å². The average molecular weight is 306 g/mol. The maximum atomic E-state index is 13.3. The Morgan fingerprint density at radius 1 is 0.900 bits per heavy atom. The monoisotopic (exact) mass is 305 g/mol. The third-order valence-electron chi connectivity index (χ3n) is 2.75. The third kappa shape index (κ3) is 3.71. The molecular formula is C14H12ClF4N. The van der Waals surface area contributed by atoms with Gasteiger partial charge in [0, 0.05) is 6.54 Å². The molecular weight excluding hydrogens is 294 g/mol. The van der Waals surface area contributed by atoms with Crippen molar-refractivity contribution in [3.05, 3.63) is 59.4 Å². The topological polar surface area (TPSA) is 26.0 Å². The molecule has 20 heavy (non-hydrogen) atoms. The van der Waals surface area contributed by atoms with Crippen LogP contribution < -0.4 is 5.73 Å². The van der Waals surface area contributed by atoms with E-state index in [-0.39, 0.29) is 18.0 Å². The number of alkyl halides is 3. The van der Waals surface area contributed by atoms with Crippen molar-refractivity contribution in [2.75, 3.05) is 0 Å². The smallest absolute Gasteiger partial charge is 0.326 e. The molecule has 2 aromatic rings. The molecule has 0 fully saturated rings. The van der Waals surface area contributed by atoms with Crippen LogP contribution in [-0.2, 0) is 12.7 Å². The molecule has 0 aliphatic carbocycles. The second kappa shape index (κ2) is 6.24. The van der Waals surface area contributed by atoms with Crippen molar-refractivity contribution in [2.24, 2.45) is 5.73 Å². The summed E-state index contributed by atoms with van der Waals surface area (Å²) in [5, 5.41) is 0. The van der Waals surface area contributed by atoms with E-state index in [4.69, 9.17) is 5.73 Å². The van der Waals surface area contributed by atoms with Crippen LogP contribution in [0.15, 0.2) is 42.5 Å². The molecule has 0 aliphatic rings. The van der Waals surface area contributed by atoms with E-state index in [1.807, 2.05) is 0 Å². The fraction of sp³-hybridized carbons (Fsp3) is 0.143. The molecule has 0 amide bonds. The van der Waals surface area contributed by atoms with Crippen molar-refractivity contribution in [2.45, 2.75) is 12.7 Å². The van der Waals surface area contributed by atoms with Crippen molar-refractivity contribution < 1.29 is 17.6 Å². The third-order valence-corrected chi connectivity index (χ3v) is 2.75. The van der Waals surface area contributed by atoms with Crippen LogP contribution in [-0.4, -0.2) is 0 Å². The number of hydrogen-bond acceptors (Lipinski definition) is 1. The summed E-state index contributed by atoms with van der Waals surface area (Å²) >= 11 is 0. The molecule has 0 saturated heterocycles. The minimum Gasteiger partial charge on any atom is -0.326 e. The first-order valence-electron chi connectivity index (χ1n) is 5.57. The molecule has 2 N–H and O–H groups in total. The summed E-state index contributed by atoms with van der Waals surface area (Å²) in [6, 6.07) is 9.14. The van der Waals surface area contributed by atoms with Gasteiger partial charge in [-0.1, -0.05) is 24.3 Å². The molecule has 2 rings (SSSR count). The van der Waals surface area contributed by atoms with E-state index in [0.29, 0.717) is 18.2 Å². The minimum atomic E-state index is -4.56. The van der Waals surface area contributed by atoms with Crippen molar-refractivity contribution in [3.8, 4) is 11.1 Å². The van der Waals surface area contributed by atoms with E-state index in [1.54, 1.807) is 24.3 Å². The lowest BCUT2D eigenvalue weighted by Gasteiger charge is -2.10. The Morgan fingerprint density at radius 3 is 2.00 bits per heavy atom. The van der Waals surface area contributed by atoms with E-state index in [2.05, 4.69) is 0 Å². The molecule has 0 aromatic heterocycles. The highest BCUT2D eigenvalue weighted by atomic mass is 35.5. The number of benzene rings is 2. The first-order chi connectivity index (χ1) is 8.90. The first-order valence-corrected chi connectivity index (χ1v) is 5.57. The van der Waals surface area contributed by atoms with Crippen LogP contribution in [0.1, 0.15) is 11.1 Å². The molecule has 0 bridgehead atoms. The molecule has 6 heteroatoms. The van der Waals surface area contributed by atoms with Gasteiger partial charge in [-0.05, 0) is 34.9 Å². The Kier molecular flexibility index (Phi) is 5.14. The van der Waals surface area contributed by atoms with Crippen LogP contribution in [0.3, 0.4) is 0 Å². The van der Waals surface area contributed by atoms with Crippen LogP contribution in [0.25, 0.3) is 11.1 Å². The summed E-state index contributed by atoms with van der Waals surface area (Å²) in [6.45, 7) is 0.344. The molecule has 0 spiro atoms. The zero-order chi connectivity index (χ0) is 14.0. The molecule has 1 nitrogen and oxygen atoms in total. The van der Waals surface area contributed by atoms with Gasteiger partial charge in [-0.25, -0.2) is 4.39 Å². The van der Waals surface area contributed by atoms with E-state index in [1.165, 1.54) is 0 Å². The highest BCUT2D eigenvalue weighted by Gasteiger charge is 2.31. The summed E-state index contributed by atoms with van der Waals surface area (Å²) < 4.78 is 51.1. The Morgan fingerprint density at radius 2 is 1.50 bits per heavy atom. The molecule has 0 heterocycles. The van der Waals surface area contributed by atoms with Crippen molar-refractivity contribution in [1.29, 1.82) is 0 Å². The number of hydrogen-bond donors (Lipinski definition) is 1. The molecule has 0 aliphatic heterocycles. The SMILES string of the molecule is Cl.NCc1ccc(-c2cc(F)cc(C(F)(F)F)c2)cc1. The lowest BCUT2D eigenvalue weighted by Crippen LogP contribution is -2.05. The maximum Gasteiger partial charge on any atom is 0.416 e. The Balaban J connectivity index is 0.00000200. The lowest BCUT2D eigenvalue weighted by molar-refractivity contribution is -0.137. The van der Waals surface area contributed by atoms with Gasteiger partial charge in [0.25, 0.3) is 0 Å². The number of nitrogens with two attached hydrogens (primary N) is 1. The quantitative estimate of drug-likeness (QED) is 0.818. The van der Waals surface area contributed by atoms with E-state index in [9.17, 15) is 17.6 Å². The van der Waals surface area contributed by atoms with Gasteiger partial charge in [-0.2, -0.15) is 13.2 Å². The first kappa shape index (κ1) is 16.5. The second-order valence-electron chi connectivity index (χ2n) is 4.13. The summed E-state index contributed by atoms with van der Waals surface area (Å²) in [7, 11) is 0. The summed E-state index contributed by atoms with van der Waals surface area (Å²) in [5.74, 6) is -0.910. The number of halogens is 5. The van der Waals surface area contributed by atoms with Gasteiger partial charge >= 0.3 is 6.18 Å². The van der Waals surface area contributed by atoms with Crippen LogP contribution in [0.2, 0.25) is 0 Å². The molecule has 0 saturated carbocycles. The van der Waals surface area contributed by atoms with E-state index < -0.39 is 17.6 Å². The Bertz CT molecular complexity index is 579. The van der Waals surface area contributed by atoms with Gasteiger partial charge in [0.1, 0.15) is 5.82 Å². The second-order valence-corrected chi connectivity index (χ2v) is 4.13. The fourth-order valence-corrected chi connectivity index (χ4v) is 1.75. The predicted molar refractivity (Wildman–Crippen MR) is 72.0 cm³/mol.